The Morgan fingerprint density at radius 3 is 2.77 bits per heavy atom. The summed E-state index contributed by atoms with van der Waals surface area (Å²) in [5.41, 5.74) is 5.47. The van der Waals surface area contributed by atoms with E-state index in [0.29, 0.717) is 11.3 Å². The van der Waals surface area contributed by atoms with Gasteiger partial charge in [-0.1, -0.05) is 23.9 Å². The Hall–Kier alpha value is -3.87. The number of amides is 2. The highest BCUT2D eigenvalue weighted by atomic mass is 32.2. The molecule has 0 saturated carbocycles. The Bertz CT molecular complexity index is 1040. The fourth-order valence-corrected chi connectivity index (χ4v) is 4.29. The van der Waals surface area contributed by atoms with Crippen LogP contribution in [-0.4, -0.2) is 73.3 Å². The number of fused-ring (bicyclic) bond motifs is 1. The molecule has 31 heavy (non-hydrogen) atoms. The largest absolute Gasteiger partial charge is 0.479 e. The van der Waals surface area contributed by atoms with Crippen LogP contribution in [0.3, 0.4) is 0 Å². The molecule has 12 nitrogen and oxygen atoms in total. The van der Waals surface area contributed by atoms with Gasteiger partial charge >= 0.3 is 11.9 Å². The number of hydrogen-bond donors (Lipinski definition) is 4. The van der Waals surface area contributed by atoms with Gasteiger partial charge in [0.15, 0.2) is 5.71 Å². The van der Waals surface area contributed by atoms with E-state index in [1.54, 1.807) is 0 Å². The third-order valence-corrected chi connectivity index (χ3v) is 5.61. The van der Waals surface area contributed by atoms with Gasteiger partial charge in [0.1, 0.15) is 28.6 Å². The Balaban J connectivity index is 1.82. The van der Waals surface area contributed by atoms with Crippen molar-refractivity contribution in [1.82, 2.24) is 15.2 Å². The van der Waals surface area contributed by atoms with Gasteiger partial charge < -0.3 is 26.1 Å². The zero-order valence-corrected chi connectivity index (χ0v) is 16.7. The van der Waals surface area contributed by atoms with E-state index in [1.165, 1.54) is 36.0 Å². The molecule has 5 N–H and O–H groups in total. The topological polar surface area (TPSA) is 185 Å². The highest BCUT2D eigenvalue weighted by Gasteiger charge is 2.54. The van der Waals surface area contributed by atoms with Crippen molar-refractivity contribution >= 4 is 47.0 Å². The van der Waals surface area contributed by atoms with Crippen LogP contribution in [-0.2, 0) is 24.0 Å². The first-order valence-corrected chi connectivity index (χ1v) is 9.78. The molecule has 3 rings (SSSR count). The second-order valence-electron chi connectivity index (χ2n) is 6.30. The second-order valence-corrected chi connectivity index (χ2v) is 7.40. The number of carbonyl (C=O) groups excluding carboxylic acids is 2. The number of carboxylic acids is 2. The highest BCUT2D eigenvalue weighted by Crippen LogP contribution is 2.40. The van der Waals surface area contributed by atoms with E-state index in [2.05, 4.69) is 26.9 Å². The van der Waals surface area contributed by atoms with Crippen molar-refractivity contribution in [3.63, 3.8) is 0 Å². The molecule has 0 radical (unpaired) electrons. The lowest BCUT2D eigenvalue weighted by molar-refractivity contribution is -0.150. The summed E-state index contributed by atoms with van der Waals surface area (Å²) in [7, 11) is 0. The summed E-state index contributed by atoms with van der Waals surface area (Å²) < 4.78 is 0. The SMILES string of the molecule is C=CC1=C(C(=O)O)N2C(=O)C(NC(=O)C(=NOCC(=O)O)c3cccc(N)n3)[C@@H]2SC1. The van der Waals surface area contributed by atoms with E-state index >= 15 is 0 Å². The van der Waals surface area contributed by atoms with Crippen molar-refractivity contribution in [2.45, 2.75) is 11.4 Å². The number of aromatic nitrogens is 1. The predicted molar refractivity (Wildman–Crippen MR) is 109 cm³/mol. The standard InChI is InChI=1S/C18H17N5O7S/c1-2-8-7-31-17-13(16(27)23(17)14(8)18(28)29)21-15(26)12(22-30-6-11(24)25)9-4-3-5-10(19)20-9/h2-5,13,17H,1,6-7H2,(H2,19,20)(H,21,26)(H,24,25)(H,28,29)/t13?,17-/m0/s1. The van der Waals surface area contributed by atoms with Gasteiger partial charge in [0.25, 0.3) is 11.8 Å². The molecule has 0 spiro atoms. The molecule has 162 valence electrons. The number of rotatable bonds is 8. The van der Waals surface area contributed by atoms with Crippen LogP contribution in [0.4, 0.5) is 5.82 Å². The van der Waals surface area contributed by atoms with Crippen LogP contribution in [0.15, 0.2) is 47.3 Å². The number of nitrogen functional groups attached to an aromatic ring is 1. The maximum Gasteiger partial charge on any atom is 0.352 e. The molecular formula is C18H17N5O7S. The summed E-state index contributed by atoms with van der Waals surface area (Å²) in [6.45, 7) is 2.77. The number of β-lactam (4-membered cyclic amide) rings is 1. The zero-order chi connectivity index (χ0) is 22.7. The van der Waals surface area contributed by atoms with Crippen LogP contribution in [0.5, 0.6) is 0 Å². The number of nitrogens with zero attached hydrogens (tertiary/aromatic N) is 3. The van der Waals surface area contributed by atoms with Gasteiger partial charge in [0, 0.05) is 5.75 Å². The fraction of sp³-hybridized carbons (Fsp3) is 0.222. The van der Waals surface area contributed by atoms with E-state index in [0.717, 1.165) is 4.90 Å². The number of carbonyl (C=O) groups is 4. The number of nitrogens with two attached hydrogens (primary N) is 1. The summed E-state index contributed by atoms with van der Waals surface area (Å²) in [6.07, 6.45) is 1.38. The molecule has 0 aliphatic carbocycles. The van der Waals surface area contributed by atoms with E-state index in [1.807, 2.05) is 0 Å². The van der Waals surface area contributed by atoms with Crippen molar-refractivity contribution in [1.29, 1.82) is 0 Å². The van der Waals surface area contributed by atoms with Gasteiger partial charge in [-0.05, 0) is 17.7 Å². The fourth-order valence-electron chi connectivity index (χ4n) is 2.95. The van der Waals surface area contributed by atoms with Crippen molar-refractivity contribution in [3.05, 3.63) is 47.8 Å². The van der Waals surface area contributed by atoms with Gasteiger partial charge in [-0.15, -0.1) is 11.8 Å². The maximum absolute atomic E-state index is 12.8. The third-order valence-electron chi connectivity index (χ3n) is 4.31. The van der Waals surface area contributed by atoms with Crippen LogP contribution in [0.1, 0.15) is 5.69 Å². The van der Waals surface area contributed by atoms with Crippen LogP contribution in [0.2, 0.25) is 0 Å². The molecule has 2 aliphatic rings. The molecule has 1 saturated heterocycles. The van der Waals surface area contributed by atoms with E-state index in [4.69, 9.17) is 10.8 Å². The molecule has 1 unspecified atom stereocenters. The average molecular weight is 447 g/mol. The smallest absolute Gasteiger partial charge is 0.352 e. The van der Waals surface area contributed by atoms with Crippen molar-refractivity contribution in [3.8, 4) is 0 Å². The Morgan fingerprint density at radius 1 is 1.42 bits per heavy atom. The number of thioether (sulfide) groups is 1. The molecule has 1 aromatic heterocycles. The third kappa shape index (κ3) is 4.35. The highest BCUT2D eigenvalue weighted by molar-refractivity contribution is 8.00. The van der Waals surface area contributed by atoms with Crippen LogP contribution in [0.25, 0.3) is 0 Å². The quantitative estimate of drug-likeness (QED) is 0.228. The summed E-state index contributed by atoms with van der Waals surface area (Å²) in [6, 6.07) is 3.36. The Kier molecular flexibility index (Phi) is 6.25. The van der Waals surface area contributed by atoms with Crippen LogP contribution >= 0.6 is 11.8 Å². The summed E-state index contributed by atoms with van der Waals surface area (Å²) in [5.74, 6) is -3.68. The molecule has 2 atom stereocenters. The van der Waals surface area contributed by atoms with E-state index < -0.39 is 41.8 Å². The molecular weight excluding hydrogens is 430 g/mol. The van der Waals surface area contributed by atoms with Gasteiger partial charge in [-0.3, -0.25) is 14.5 Å². The zero-order valence-electron chi connectivity index (χ0n) is 15.8. The van der Waals surface area contributed by atoms with Crippen molar-refractivity contribution < 1.29 is 34.2 Å². The van der Waals surface area contributed by atoms with E-state index in [-0.39, 0.29) is 22.9 Å². The molecule has 0 aromatic carbocycles. The number of aliphatic carboxylic acids is 2. The molecule has 2 amide bonds. The monoisotopic (exact) mass is 447 g/mol. The Labute approximate surface area is 179 Å². The lowest BCUT2D eigenvalue weighted by Gasteiger charge is -2.49. The molecule has 3 heterocycles. The molecule has 13 heteroatoms. The number of allylic oxidation sites excluding steroid dienone is 1. The number of anilines is 1. The summed E-state index contributed by atoms with van der Waals surface area (Å²) in [5, 5.41) is 23.5. The lowest BCUT2D eigenvalue weighted by atomic mass is 10.0. The average Bonchev–Trinajstić information content (AvgIpc) is 2.73. The first-order valence-electron chi connectivity index (χ1n) is 8.73. The molecule has 1 aromatic rings. The van der Waals surface area contributed by atoms with Crippen molar-refractivity contribution in [2.24, 2.45) is 5.16 Å². The van der Waals surface area contributed by atoms with Gasteiger partial charge in [0.2, 0.25) is 6.61 Å². The predicted octanol–water partition coefficient (Wildman–Crippen LogP) is -0.606. The number of carboxylic acid groups (broad SMARTS) is 2. The van der Waals surface area contributed by atoms with E-state index in [9.17, 15) is 24.3 Å². The minimum absolute atomic E-state index is 0.00267. The second kappa shape index (κ2) is 8.87. The number of oxime groups is 1. The van der Waals surface area contributed by atoms with Gasteiger partial charge in [0.05, 0.1) is 0 Å². The van der Waals surface area contributed by atoms with Gasteiger partial charge in [-0.25, -0.2) is 14.6 Å². The molecule has 0 bridgehead atoms. The van der Waals surface area contributed by atoms with Crippen LogP contribution < -0.4 is 11.1 Å². The molecule has 2 aliphatic heterocycles. The normalized spacial score (nSPS) is 20.5. The van der Waals surface area contributed by atoms with Crippen LogP contribution in [0, 0.1) is 0 Å². The Morgan fingerprint density at radius 2 is 2.16 bits per heavy atom. The minimum Gasteiger partial charge on any atom is -0.479 e. The summed E-state index contributed by atoms with van der Waals surface area (Å²) in [4.78, 5) is 57.4. The summed E-state index contributed by atoms with van der Waals surface area (Å²) >= 11 is 1.27. The first-order chi connectivity index (χ1) is 14.7. The maximum atomic E-state index is 12.8. The lowest BCUT2D eigenvalue weighted by Crippen LogP contribution is -2.71. The number of pyridine rings is 1. The first kappa shape index (κ1) is 21.8. The van der Waals surface area contributed by atoms with Crippen molar-refractivity contribution in [2.75, 3.05) is 18.1 Å². The number of nitrogens with one attached hydrogen (secondary N) is 1. The molecule has 1 fully saturated rings. The number of hydrogen-bond acceptors (Lipinski definition) is 9. The van der Waals surface area contributed by atoms with Gasteiger partial charge in [-0.2, -0.15) is 0 Å². The minimum atomic E-state index is -1.31.